The highest BCUT2D eigenvalue weighted by Gasteiger charge is 2.45. The fraction of sp³-hybridized carbons (Fsp3) is 0.385. The van der Waals surface area contributed by atoms with Crippen LogP contribution in [-0.2, 0) is 9.59 Å². The Morgan fingerprint density at radius 3 is 2.45 bits per heavy atom. The van der Waals surface area contributed by atoms with E-state index in [1.165, 1.54) is 5.56 Å². The minimum atomic E-state index is -0.673. The fourth-order valence-corrected chi connectivity index (χ4v) is 4.28. The molecule has 4 rings (SSSR count). The zero-order valence-electron chi connectivity index (χ0n) is 19.5. The van der Waals surface area contributed by atoms with Gasteiger partial charge in [-0.3, -0.25) is 9.59 Å². The van der Waals surface area contributed by atoms with Gasteiger partial charge in [0.2, 0.25) is 6.79 Å². The highest BCUT2D eigenvalue weighted by atomic mass is 16.7. The smallest absolute Gasteiger partial charge is 0.295 e. The Labute approximate surface area is 194 Å². The number of aliphatic hydroxyl groups excluding tert-OH is 1. The molecule has 2 heterocycles. The predicted octanol–water partition coefficient (Wildman–Crippen LogP) is 3.91. The van der Waals surface area contributed by atoms with Gasteiger partial charge < -0.3 is 24.4 Å². The van der Waals surface area contributed by atoms with Crippen LogP contribution in [0, 0.1) is 0 Å². The summed E-state index contributed by atoms with van der Waals surface area (Å²) in [6, 6.07) is 12.3. The molecule has 2 aliphatic rings. The molecule has 1 saturated heterocycles. The largest absolute Gasteiger partial charge is 0.507 e. The molecule has 2 aromatic rings. The number of ketones is 1. The highest BCUT2D eigenvalue weighted by Crippen LogP contribution is 2.41. The molecule has 1 fully saturated rings. The molecule has 0 bridgehead atoms. The Morgan fingerprint density at radius 2 is 1.79 bits per heavy atom. The Kier molecular flexibility index (Phi) is 6.42. The Balaban J connectivity index is 1.78. The van der Waals surface area contributed by atoms with Gasteiger partial charge in [-0.05, 0) is 62.3 Å². The molecular formula is C26H30N2O5. The van der Waals surface area contributed by atoms with Crippen molar-refractivity contribution in [1.29, 1.82) is 0 Å². The van der Waals surface area contributed by atoms with Gasteiger partial charge in [-0.15, -0.1) is 0 Å². The van der Waals surface area contributed by atoms with Crippen LogP contribution < -0.4 is 9.47 Å². The number of carbonyl (C=O) groups excluding carboxylic acids is 2. The number of fused-ring (bicyclic) bond motifs is 1. The Bertz CT molecular complexity index is 1090. The van der Waals surface area contributed by atoms with Gasteiger partial charge in [0, 0.05) is 12.1 Å². The van der Waals surface area contributed by atoms with Gasteiger partial charge in [-0.2, -0.15) is 0 Å². The maximum Gasteiger partial charge on any atom is 0.295 e. The van der Waals surface area contributed by atoms with Crippen LogP contribution in [0.1, 0.15) is 48.9 Å². The molecule has 0 spiro atoms. The third kappa shape index (κ3) is 4.46. The van der Waals surface area contributed by atoms with Crippen molar-refractivity contribution < 1.29 is 24.2 Å². The van der Waals surface area contributed by atoms with Gasteiger partial charge in [0.05, 0.1) is 11.6 Å². The lowest BCUT2D eigenvalue weighted by Gasteiger charge is -2.26. The normalized spacial score (nSPS) is 19.2. The van der Waals surface area contributed by atoms with Crippen LogP contribution in [0.2, 0.25) is 0 Å². The summed E-state index contributed by atoms with van der Waals surface area (Å²) in [7, 11) is 3.94. The van der Waals surface area contributed by atoms with E-state index in [9.17, 15) is 14.7 Å². The van der Waals surface area contributed by atoms with Crippen molar-refractivity contribution in [1.82, 2.24) is 9.80 Å². The predicted molar refractivity (Wildman–Crippen MR) is 125 cm³/mol. The molecule has 0 aromatic heterocycles. The third-order valence-corrected chi connectivity index (χ3v) is 6.11. The number of ether oxygens (including phenoxy) is 2. The number of benzene rings is 2. The van der Waals surface area contributed by atoms with E-state index in [0.717, 1.165) is 12.1 Å². The number of nitrogens with zero attached hydrogens (tertiary/aromatic N) is 2. The summed E-state index contributed by atoms with van der Waals surface area (Å²) < 4.78 is 10.8. The van der Waals surface area contributed by atoms with Crippen molar-refractivity contribution in [3.05, 3.63) is 64.7 Å². The molecule has 0 saturated carbocycles. The van der Waals surface area contributed by atoms with Crippen molar-refractivity contribution in [2.75, 3.05) is 34.0 Å². The first-order valence-corrected chi connectivity index (χ1v) is 11.2. The lowest BCUT2D eigenvalue weighted by Crippen LogP contribution is -2.32. The summed E-state index contributed by atoms with van der Waals surface area (Å²) in [4.78, 5) is 29.8. The minimum Gasteiger partial charge on any atom is -0.507 e. The van der Waals surface area contributed by atoms with Crippen molar-refractivity contribution in [2.45, 2.75) is 32.2 Å². The summed E-state index contributed by atoms with van der Waals surface area (Å²) in [5.74, 6) is -0.0330. The first-order chi connectivity index (χ1) is 15.8. The molecular weight excluding hydrogens is 420 g/mol. The first-order valence-electron chi connectivity index (χ1n) is 11.2. The number of likely N-dealkylation sites (tertiary alicyclic amines) is 1. The summed E-state index contributed by atoms with van der Waals surface area (Å²) in [6.07, 6.45) is 0.713. The zero-order valence-corrected chi connectivity index (χ0v) is 19.5. The summed E-state index contributed by atoms with van der Waals surface area (Å²) in [5, 5.41) is 11.2. The van der Waals surface area contributed by atoms with E-state index >= 15 is 0 Å². The van der Waals surface area contributed by atoms with Crippen LogP contribution in [0.5, 0.6) is 11.5 Å². The monoisotopic (exact) mass is 450 g/mol. The van der Waals surface area contributed by atoms with Crippen molar-refractivity contribution in [3.8, 4) is 11.5 Å². The quantitative estimate of drug-likeness (QED) is 0.391. The number of Topliss-reactive ketones (excluding diaryl/α,β-unsaturated/α-hetero) is 1. The average Bonchev–Trinajstić information content (AvgIpc) is 3.36. The third-order valence-electron chi connectivity index (χ3n) is 6.11. The van der Waals surface area contributed by atoms with E-state index in [-0.39, 0.29) is 18.1 Å². The maximum absolute atomic E-state index is 13.1. The number of hydrogen-bond donors (Lipinski definition) is 1. The van der Waals surface area contributed by atoms with E-state index in [2.05, 4.69) is 13.8 Å². The summed E-state index contributed by atoms with van der Waals surface area (Å²) >= 11 is 0. The second kappa shape index (κ2) is 9.27. The topological polar surface area (TPSA) is 79.3 Å². The van der Waals surface area contributed by atoms with Gasteiger partial charge in [0.15, 0.2) is 11.5 Å². The number of amides is 1. The van der Waals surface area contributed by atoms with Gasteiger partial charge in [-0.25, -0.2) is 0 Å². The van der Waals surface area contributed by atoms with Gasteiger partial charge in [0.1, 0.15) is 5.76 Å². The molecule has 1 amide bonds. The Morgan fingerprint density at radius 1 is 1.09 bits per heavy atom. The van der Waals surface area contributed by atoms with E-state index < -0.39 is 17.7 Å². The molecule has 7 heteroatoms. The molecule has 0 aliphatic carbocycles. The molecule has 1 N–H and O–H groups in total. The minimum absolute atomic E-state index is 0.0982. The average molecular weight is 451 g/mol. The first kappa shape index (κ1) is 22.9. The lowest BCUT2D eigenvalue weighted by atomic mass is 9.93. The second-order valence-electron chi connectivity index (χ2n) is 9.04. The molecule has 2 aliphatic heterocycles. The van der Waals surface area contributed by atoms with E-state index in [1.54, 1.807) is 23.1 Å². The molecule has 2 aromatic carbocycles. The zero-order chi connectivity index (χ0) is 23.7. The molecule has 1 atom stereocenters. The number of hydrogen-bond acceptors (Lipinski definition) is 6. The molecule has 7 nitrogen and oxygen atoms in total. The molecule has 33 heavy (non-hydrogen) atoms. The van der Waals surface area contributed by atoms with Crippen LogP contribution in [0.4, 0.5) is 0 Å². The fourth-order valence-electron chi connectivity index (χ4n) is 4.28. The molecule has 174 valence electrons. The van der Waals surface area contributed by atoms with Crippen LogP contribution in [0.15, 0.2) is 48.0 Å². The number of rotatable bonds is 7. The highest BCUT2D eigenvalue weighted by molar-refractivity contribution is 6.46. The van der Waals surface area contributed by atoms with Crippen LogP contribution in [0.25, 0.3) is 5.76 Å². The van der Waals surface area contributed by atoms with Crippen LogP contribution in [-0.4, -0.2) is 60.6 Å². The maximum atomic E-state index is 13.1. The van der Waals surface area contributed by atoms with Crippen molar-refractivity contribution in [2.24, 2.45) is 0 Å². The summed E-state index contributed by atoms with van der Waals surface area (Å²) in [5.41, 5.74) is 2.47. The SMILES string of the molecule is CC(C)c1ccc(C2C(=C(O)c3ccc4c(c3)OCO4)C(=O)C(=O)N2CCCN(C)C)cc1. The van der Waals surface area contributed by atoms with E-state index in [0.29, 0.717) is 35.9 Å². The van der Waals surface area contributed by atoms with E-state index in [4.69, 9.17) is 9.47 Å². The second-order valence-corrected chi connectivity index (χ2v) is 9.04. The van der Waals surface area contributed by atoms with Crippen LogP contribution in [0.3, 0.4) is 0 Å². The van der Waals surface area contributed by atoms with Gasteiger partial charge >= 0.3 is 0 Å². The molecule has 1 unspecified atom stereocenters. The standard InChI is InChI=1S/C26H30N2O5/c1-16(2)17-6-8-18(9-7-17)23-22(25(30)26(31)28(23)13-5-12-27(3)4)24(29)19-10-11-20-21(14-19)33-15-32-20/h6-11,14,16,23,29H,5,12-13,15H2,1-4H3. The van der Waals surface area contributed by atoms with Gasteiger partial charge in [-0.1, -0.05) is 38.1 Å². The lowest BCUT2D eigenvalue weighted by molar-refractivity contribution is -0.139. The number of aliphatic hydroxyl groups is 1. The van der Waals surface area contributed by atoms with E-state index in [1.807, 2.05) is 43.3 Å². The summed E-state index contributed by atoms with van der Waals surface area (Å²) in [6.45, 7) is 5.53. The van der Waals surface area contributed by atoms with Crippen molar-refractivity contribution in [3.63, 3.8) is 0 Å². The molecule has 0 radical (unpaired) electrons. The number of carbonyl (C=O) groups is 2. The van der Waals surface area contributed by atoms with Crippen LogP contribution >= 0.6 is 0 Å². The van der Waals surface area contributed by atoms with Crippen molar-refractivity contribution >= 4 is 17.4 Å². The Hall–Kier alpha value is -3.32. The van der Waals surface area contributed by atoms with Gasteiger partial charge in [0.25, 0.3) is 11.7 Å².